The van der Waals surface area contributed by atoms with E-state index >= 15 is 0 Å². The van der Waals surface area contributed by atoms with Crippen molar-refractivity contribution in [3.05, 3.63) is 89.6 Å². The summed E-state index contributed by atoms with van der Waals surface area (Å²) in [5, 5.41) is 0. The molecule has 1 saturated heterocycles. The normalized spacial score (nSPS) is 15.3. The highest BCUT2D eigenvalue weighted by Crippen LogP contribution is 2.27. The van der Waals surface area contributed by atoms with E-state index in [1.165, 1.54) is 23.3 Å². The first-order chi connectivity index (χ1) is 14.6. The standard InChI is InChI=1S/C25H27FN2O2/c1-2-19-3-9-23(10-4-19)28(25(29)21-5-7-22(26)8-6-21)24-11-14-27(15-12-24)17-20-13-16-30-18-20/h3-10,13,16,18,24H,2,11-12,14-15,17H2,1H3. The lowest BCUT2D eigenvalue weighted by atomic mass is 10.00. The van der Waals surface area contributed by atoms with Crippen LogP contribution >= 0.6 is 0 Å². The Labute approximate surface area is 176 Å². The molecule has 5 heteroatoms. The third-order valence-corrected chi connectivity index (χ3v) is 5.84. The summed E-state index contributed by atoms with van der Waals surface area (Å²) in [5.41, 5.74) is 3.82. The van der Waals surface area contributed by atoms with Crippen molar-refractivity contribution in [1.29, 1.82) is 0 Å². The Morgan fingerprint density at radius 3 is 2.33 bits per heavy atom. The molecular weight excluding hydrogens is 379 g/mol. The molecule has 156 valence electrons. The molecule has 0 bridgehead atoms. The van der Waals surface area contributed by atoms with E-state index in [0.717, 1.165) is 44.6 Å². The Kier molecular flexibility index (Phi) is 6.29. The zero-order chi connectivity index (χ0) is 20.9. The minimum atomic E-state index is -0.335. The van der Waals surface area contributed by atoms with Crippen LogP contribution in [-0.2, 0) is 13.0 Å². The highest BCUT2D eigenvalue weighted by molar-refractivity contribution is 6.06. The first-order valence-electron chi connectivity index (χ1n) is 10.6. The average molecular weight is 407 g/mol. The summed E-state index contributed by atoms with van der Waals surface area (Å²) < 4.78 is 18.5. The molecule has 1 fully saturated rings. The van der Waals surface area contributed by atoms with Crippen molar-refractivity contribution in [2.24, 2.45) is 0 Å². The Morgan fingerprint density at radius 1 is 1.03 bits per heavy atom. The molecule has 0 unspecified atom stereocenters. The number of rotatable bonds is 6. The maximum Gasteiger partial charge on any atom is 0.258 e. The van der Waals surface area contributed by atoms with Crippen molar-refractivity contribution in [3.8, 4) is 0 Å². The summed E-state index contributed by atoms with van der Waals surface area (Å²) in [6, 6.07) is 16.1. The van der Waals surface area contributed by atoms with Crippen LogP contribution in [0.15, 0.2) is 71.5 Å². The van der Waals surface area contributed by atoms with Gasteiger partial charge in [-0.05, 0) is 67.3 Å². The number of piperidine rings is 1. The Hall–Kier alpha value is -2.92. The summed E-state index contributed by atoms with van der Waals surface area (Å²) in [6.45, 7) is 4.80. The molecule has 0 saturated carbocycles. The molecule has 0 spiro atoms. The highest BCUT2D eigenvalue weighted by Gasteiger charge is 2.30. The van der Waals surface area contributed by atoms with E-state index in [2.05, 4.69) is 24.0 Å². The number of amides is 1. The van der Waals surface area contributed by atoms with Gasteiger partial charge in [-0.1, -0.05) is 19.1 Å². The van der Waals surface area contributed by atoms with Crippen LogP contribution < -0.4 is 4.90 Å². The van der Waals surface area contributed by atoms with Crippen molar-refractivity contribution in [2.45, 2.75) is 38.8 Å². The van der Waals surface area contributed by atoms with Gasteiger partial charge in [0.05, 0.1) is 12.5 Å². The molecule has 2 aromatic carbocycles. The van der Waals surface area contributed by atoms with Crippen molar-refractivity contribution in [3.63, 3.8) is 0 Å². The molecule has 4 nitrogen and oxygen atoms in total. The van der Waals surface area contributed by atoms with E-state index < -0.39 is 0 Å². The zero-order valence-corrected chi connectivity index (χ0v) is 17.3. The minimum Gasteiger partial charge on any atom is -0.472 e. The molecule has 3 aromatic rings. The number of hydrogen-bond acceptors (Lipinski definition) is 3. The van der Waals surface area contributed by atoms with Gasteiger partial charge in [0.1, 0.15) is 5.82 Å². The Morgan fingerprint density at radius 2 is 1.73 bits per heavy atom. The van der Waals surface area contributed by atoms with Crippen molar-refractivity contribution in [2.75, 3.05) is 18.0 Å². The summed E-state index contributed by atoms with van der Waals surface area (Å²) >= 11 is 0. The number of hydrogen-bond donors (Lipinski definition) is 0. The van der Waals surface area contributed by atoms with Crippen LogP contribution in [0.2, 0.25) is 0 Å². The third-order valence-electron chi connectivity index (χ3n) is 5.84. The van der Waals surface area contributed by atoms with Gasteiger partial charge in [-0.15, -0.1) is 0 Å². The molecule has 0 N–H and O–H groups in total. The molecule has 1 aromatic heterocycles. The molecule has 0 atom stereocenters. The van der Waals surface area contributed by atoms with Crippen LogP contribution in [0.1, 0.15) is 41.3 Å². The van der Waals surface area contributed by atoms with Crippen LogP contribution in [0, 0.1) is 5.82 Å². The van der Waals surface area contributed by atoms with Crippen LogP contribution in [0.5, 0.6) is 0 Å². The lowest BCUT2D eigenvalue weighted by Gasteiger charge is -2.38. The van der Waals surface area contributed by atoms with Gasteiger partial charge in [0, 0.05) is 42.5 Å². The molecule has 1 amide bonds. The van der Waals surface area contributed by atoms with E-state index in [4.69, 9.17) is 4.42 Å². The van der Waals surface area contributed by atoms with Gasteiger partial charge in [0.25, 0.3) is 5.91 Å². The molecule has 0 radical (unpaired) electrons. The van der Waals surface area contributed by atoms with E-state index in [-0.39, 0.29) is 17.8 Å². The van der Waals surface area contributed by atoms with Crippen LogP contribution in [0.25, 0.3) is 0 Å². The van der Waals surface area contributed by atoms with E-state index in [1.807, 2.05) is 23.1 Å². The smallest absolute Gasteiger partial charge is 0.258 e. The van der Waals surface area contributed by atoms with Gasteiger partial charge in [0.2, 0.25) is 0 Å². The Bertz CT molecular complexity index is 944. The van der Waals surface area contributed by atoms with Gasteiger partial charge in [-0.3, -0.25) is 9.69 Å². The molecular formula is C25H27FN2O2. The number of anilines is 1. The van der Waals surface area contributed by atoms with Crippen LogP contribution in [-0.4, -0.2) is 29.9 Å². The summed E-state index contributed by atoms with van der Waals surface area (Å²) in [4.78, 5) is 17.7. The summed E-state index contributed by atoms with van der Waals surface area (Å²) in [5.74, 6) is -0.412. The molecule has 30 heavy (non-hydrogen) atoms. The number of halogens is 1. The van der Waals surface area contributed by atoms with Crippen molar-refractivity contribution in [1.82, 2.24) is 4.90 Å². The fourth-order valence-electron chi connectivity index (χ4n) is 4.09. The second-order valence-corrected chi connectivity index (χ2v) is 7.84. The largest absolute Gasteiger partial charge is 0.472 e. The zero-order valence-electron chi connectivity index (χ0n) is 17.3. The number of benzene rings is 2. The molecule has 4 rings (SSSR count). The quantitative estimate of drug-likeness (QED) is 0.558. The van der Waals surface area contributed by atoms with Gasteiger partial charge >= 0.3 is 0 Å². The lowest BCUT2D eigenvalue weighted by Crippen LogP contribution is -2.47. The average Bonchev–Trinajstić information content (AvgIpc) is 3.29. The SMILES string of the molecule is CCc1ccc(N(C(=O)c2ccc(F)cc2)C2CCN(Cc3ccoc3)CC2)cc1. The topological polar surface area (TPSA) is 36.7 Å². The maximum atomic E-state index is 13.4. The van der Waals surface area contributed by atoms with Gasteiger partial charge in [-0.25, -0.2) is 4.39 Å². The number of aryl methyl sites for hydroxylation is 1. The number of nitrogens with zero attached hydrogens (tertiary/aromatic N) is 2. The maximum absolute atomic E-state index is 13.4. The first-order valence-corrected chi connectivity index (χ1v) is 10.6. The predicted molar refractivity (Wildman–Crippen MR) is 116 cm³/mol. The highest BCUT2D eigenvalue weighted by atomic mass is 19.1. The number of carbonyl (C=O) groups excluding carboxylic acids is 1. The predicted octanol–water partition coefficient (Wildman–Crippen LogP) is 5.29. The summed E-state index contributed by atoms with van der Waals surface area (Å²) in [6.07, 6.45) is 6.22. The first kappa shape index (κ1) is 20.4. The van der Waals surface area contributed by atoms with E-state index in [1.54, 1.807) is 24.7 Å². The van der Waals surface area contributed by atoms with Crippen LogP contribution in [0.3, 0.4) is 0 Å². The van der Waals surface area contributed by atoms with E-state index in [0.29, 0.717) is 5.56 Å². The molecule has 2 heterocycles. The van der Waals surface area contributed by atoms with Crippen molar-refractivity contribution < 1.29 is 13.6 Å². The fraction of sp³-hybridized carbons (Fsp3) is 0.320. The molecule has 1 aliphatic heterocycles. The Balaban J connectivity index is 1.54. The monoisotopic (exact) mass is 406 g/mol. The van der Waals surface area contributed by atoms with E-state index in [9.17, 15) is 9.18 Å². The lowest BCUT2D eigenvalue weighted by molar-refractivity contribution is 0.0958. The summed E-state index contributed by atoms with van der Waals surface area (Å²) in [7, 11) is 0. The van der Waals surface area contributed by atoms with Gasteiger partial charge in [0.15, 0.2) is 0 Å². The minimum absolute atomic E-state index is 0.0764. The van der Waals surface area contributed by atoms with Gasteiger partial charge < -0.3 is 9.32 Å². The number of furan rings is 1. The van der Waals surface area contributed by atoms with Gasteiger partial charge in [-0.2, -0.15) is 0 Å². The fourth-order valence-corrected chi connectivity index (χ4v) is 4.09. The molecule has 0 aliphatic carbocycles. The number of carbonyl (C=O) groups is 1. The number of likely N-dealkylation sites (tertiary alicyclic amines) is 1. The van der Waals surface area contributed by atoms with Crippen molar-refractivity contribution >= 4 is 11.6 Å². The third kappa shape index (κ3) is 4.62. The second-order valence-electron chi connectivity index (χ2n) is 7.84. The second kappa shape index (κ2) is 9.26. The van der Waals surface area contributed by atoms with Crippen LogP contribution in [0.4, 0.5) is 10.1 Å². The molecule has 1 aliphatic rings.